The third-order valence-electron chi connectivity index (χ3n) is 4.67. The van der Waals surface area contributed by atoms with Crippen LogP contribution in [0.3, 0.4) is 0 Å². The maximum atomic E-state index is 11.2. The molecule has 19 heteroatoms. The van der Waals surface area contributed by atoms with Crippen LogP contribution in [-0.4, -0.2) is 112 Å². The highest BCUT2D eigenvalue weighted by molar-refractivity contribution is 5.94. The molecule has 0 atom stereocenters. The van der Waals surface area contributed by atoms with Gasteiger partial charge in [0.1, 0.15) is 17.1 Å². The van der Waals surface area contributed by atoms with E-state index in [-0.39, 0.29) is 79.3 Å². The highest BCUT2D eigenvalue weighted by atomic mass is 16.6. The zero-order chi connectivity index (χ0) is 33.8. The van der Waals surface area contributed by atoms with E-state index < -0.39 is 35.8 Å². The largest absolute Gasteiger partial charge is 0.461 e. The van der Waals surface area contributed by atoms with Crippen molar-refractivity contribution in [3.05, 3.63) is 52.4 Å². The van der Waals surface area contributed by atoms with Gasteiger partial charge in [-0.2, -0.15) is 15.3 Å². The number of hydrogen-bond acceptors (Lipinski definition) is 15. The number of aromatic nitrogens is 6. The van der Waals surface area contributed by atoms with Gasteiger partial charge in [0.05, 0.1) is 39.6 Å². The second kappa shape index (κ2) is 22.0. The molecule has 3 aromatic rings. The first-order chi connectivity index (χ1) is 21.6. The summed E-state index contributed by atoms with van der Waals surface area (Å²) in [6.07, 6.45) is 0. The number of carbonyl (C=O) groups excluding carboxylic acids is 6. The molecule has 0 amide bonds. The van der Waals surface area contributed by atoms with E-state index in [1.54, 1.807) is 41.5 Å². The molecule has 5 N–H and O–H groups in total. The molecule has 3 aromatic heterocycles. The standard InChI is InChI=1S/3C9H12N2O4.H2O/c3*1-3-14-8(12)6-5-7(11-10-6)9(13)15-4-2;/h3*5H,3-4H2,1-2H3,(H,10,11);1H2. The van der Waals surface area contributed by atoms with Gasteiger partial charge in [0.2, 0.25) is 0 Å². The Morgan fingerprint density at radius 2 is 0.630 bits per heavy atom. The number of hydrogen-bond donors (Lipinski definition) is 3. The molecule has 0 spiro atoms. The van der Waals surface area contributed by atoms with Crippen LogP contribution in [0.25, 0.3) is 0 Å². The van der Waals surface area contributed by atoms with Crippen molar-refractivity contribution in [3.8, 4) is 0 Å². The molecule has 3 rings (SSSR count). The molecule has 0 radical (unpaired) electrons. The fourth-order valence-electron chi connectivity index (χ4n) is 2.83. The molecule has 0 fully saturated rings. The van der Waals surface area contributed by atoms with E-state index in [0.29, 0.717) is 0 Å². The molecule has 0 saturated heterocycles. The zero-order valence-electron chi connectivity index (χ0n) is 26.2. The number of H-pyrrole nitrogens is 3. The summed E-state index contributed by atoms with van der Waals surface area (Å²) in [6, 6.07) is 3.90. The van der Waals surface area contributed by atoms with Gasteiger partial charge in [0.25, 0.3) is 0 Å². The lowest BCUT2D eigenvalue weighted by atomic mass is 10.3. The Morgan fingerprint density at radius 1 is 0.435 bits per heavy atom. The van der Waals surface area contributed by atoms with Crippen molar-refractivity contribution < 1.29 is 62.7 Å². The zero-order valence-corrected chi connectivity index (χ0v) is 26.2. The van der Waals surface area contributed by atoms with E-state index in [2.05, 4.69) is 30.6 Å². The highest BCUT2D eigenvalue weighted by Crippen LogP contribution is 2.05. The van der Waals surface area contributed by atoms with Gasteiger partial charge in [0.15, 0.2) is 17.1 Å². The summed E-state index contributed by atoms with van der Waals surface area (Å²) < 4.78 is 28.3. The van der Waals surface area contributed by atoms with Crippen LogP contribution in [0.5, 0.6) is 0 Å². The molecule has 0 aromatic carbocycles. The van der Waals surface area contributed by atoms with Gasteiger partial charge >= 0.3 is 35.8 Å². The molecule has 0 aliphatic heterocycles. The first-order valence-corrected chi connectivity index (χ1v) is 13.7. The van der Waals surface area contributed by atoms with Crippen molar-refractivity contribution in [1.29, 1.82) is 0 Å². The van der Waals surface area contributed by atoms with Crippen molar-refractivity contribution in [1.82, 2.24) is 30.6 Å². The SMILES string of the molecule is CCOC(=O)c1cc(C(=O)OCC)[nH]n1.CCOC(=O)c1cc(C(=O)OCC)[nH]n1.CCOC(=O)c1cc(C(=O)OCC)[nH]n1.O. The van der Waals surface area contributed by atoms with Gasteiger partial charge in [-0.15, -0.1) is 0 Å². The number of esters is 6. The third kappa shape index (κ3) is 13.4. The number of aromatic amines is 3. The molecular weight excluding hydrogens is 616 g/mol. The second-order valence-electron chi connectivity index (χ2n) is 7.82. The monoisotopic (exact) mass is 654 g/mol. The summed E-state index contributed by atoms with van der Waals surface area (Å²) in [5.74, 6) is -3.32. The van der Waals surface area contributed by atoms with Crippen molar-refractivity contribution in [2.75, 3.05) is 39.6 Å². The normalized spacial score (nSPS) is 9.52. The summed E-state index contributed by atoms with van der Waals surface area (Å²) in [5, 5.41) is 18.1. The summed E-state index contributed by atoms with van der Waals surface area (Å²) in [7, 11) is 0. The van der Waals surface area contributed by atoms with E-state index in [1.807, 2.05) is 0 Å². The van der Waals surface area contributed by atoms with E-state index in [0.717, 1.165) is 0 Å². The third-order valence-corrected chi connectivity index (χ3v) is 4.67. The quantitative estimate of drug-likeness (QED) is 0.184. The Balaban J connectivity index is 0.000000653. The lowest BCUT2D eigenvalue weighted by molar-refractivity contribution is 0.0506. The summed E-state index contributed by atoms with van der Waals surface area (Å²) in [4.78, 5) is 67.1. The maximum absolute atomic E-state index is 11.2. The average Bonchev–Trinajstić information content (AvgIpc) is 3.80. The predicted molar refractivity (Wildman–Crippen MR) is 155 cm³/mol. The van der Waals surface area contributed by atoms with E-state index in [1.165, 1.54) is 18.2 Å². The molecule has 0 aliphatic carbocycles. The molecule has 254 valence electrons. The van der Waals surface area contributed by atoms with Crippen LogP contribution in [0.1, 0.15) is 104 Å². The van der Waals surface area contributed by atoms with Crippen LogP contribution in [0.15, 0.2) is 18.2 Å². The Hall–Kier alpha value is -5.59. The number of nitrogens with one attached hydrogen (secondary N) is 3. The smallest absolute Gasteiger partial charge is 0.358 e. The Kier molecular flexibility index (Phi) is 19.3. The first kappa shape index (κ1) is 40.4. The van der Waals surface area contributed by atoms with Crippen LogP contribution in [0.2, 0.25) is 0 Å². The molecular formula is C27H38N6O13. The van der Waals surface area contributed by atoms with Crippen molar-refractivity contribution in [3.63, 3.8) is 0 Å². The van der Waals surface area contributed by atoms with E-state index in [4.69, 9.17) is 28.4 Å². The van der Waals surface area contributed by atoms with Gasteiger partial charge in [-0.3, -0.25) is 15.3 Å². The van der Waals surface area contributed by atoms with Crippen LogP contribution < -0.4 is 0 Å². The van der Waals surface area contributed by atoms with Gasteiger partial charge in [-0.05, 0) is 41.5 Å². The van der Waals surface area contributed by atoms with Gasteiger partial charge in [-0.1, -0.05) is 0 Å². The van der Waals surface area contributed by atoms with E-state index in [9.17, 15) is 28.8 Å². The Labute approximate surface area is 262 Å². The van der Waals surface area contributed by atoms with Crippen molar-refractivity contribution in [2.45, 2.75) is 41.5 Å². The number of nitrogens with zero attached hydrogens (tertiary/aromatic N) is 3. The minimum atomic E-state index is -0.565. The first-order valence-electron chi connectivity index (χ1n) is 13.7. The topological polar surface area (TPSA) is 275 Å². The second-order valence-corrected chi connectivity index (χ2v) is 7.82. The summed E-state index contributed by atoms with van der Waals surface area (Å²) >= 11 is 0. The molecule has 0 bridgehead atoms. The number of carbonyl (C=O) groups is 6. The average molecular weight is 655 g/mol. The van der Waals surface area contributed by atoms with Crippen LogP contribution in [-0.2, 0) is 28.4 Å². The summed E-state index contributed by atoms with van der Waals surface area (Å²) in [5.41, 5.74) is 0.624. The van der Waals surface area contributed by atoms with Gasteiger partial charge in [-0.25, -0.2) is 28.8 Å². The Morgan fingerprint density at radius 3 is 0.826 bits per heavy atom. The minimum absolute atomic E-state index is 0. The molecule has 0 aliphatic rings. The van der Waals surface area contributed by atoms with Crippen LogP contribution in [0.4, 0.5) is 0 Å². The van der Waals surface area contributed by atoms with Gasteiger partial charge < -0.3 is 33.9 Å². The molecule has 0 unspecified atom stereocenters. The van der Waals surface area contributed by atoms with E-state index >= 15 is 0 Å². The summed E-state index contributed by atoms with van der Waals surface area (Å²) in [6.45, 7) is 11.8. The van der Waals surface area contributed by atoms with Crippen molar-refractivity contribution in [2.24, 2.45) is 0 Å². The number of ether oxygens (including phenoxy) is 6. The molecule has 46 heavy (non-hydrogen) atoms. The van der Waals surface area contributed by atoms with Crippen LogP contribution >= 0.6 is 0 Å². The fourth-order valence-corrected chi connectivity index (χ4v) is 2.83. The van der Waals surface area contributed by atoms with Gasteiger partial charge in [0, 0.05) is 18.2 Å². The molecule has 0 saturated carbocycles. The molecule has 19 nitrogen and oxygen atoms in total. The molecule has 3 heterocycles. The fraction of sp³-hybridized carbons (Fsp3) is 0.444. The lowest BCUT2D eigenvalue weighted by Gasteiger charge is -1.96. The number of rotatable bonds is 12. The highest BCUT2D eigenvalue weighted by Gasteiger charge is 2.18. The Bertz CT molecular complexity index is 1150. The lowest BCUT2D eigenvalue weighted by Crippen LogP contribution is -2.05. The van der Waals surface area contributed by atoms with Crippen molar-refractivity contribution >= 4 is 35.8 Å². The maximum Gasteiger partial charge on any atom is 0.358 e. The predicted octanol–water partition coefficient (Wildman–Crippen LogP) is 1.46. The minimum Gasteiger partial charge on any atom is -0.461 e. The van der Waals surface area contributed by atoms with Crippen LogP contribution in [0, 0.1) is 0 Å².